The Balaban J connectivity index is 1.81. The Kier molecular flexibility index (Phi) is 9.54. The molecule has 7 heteroatoms. The van der Waals surface area contributed by atoms with Gasteiger partial charge in [-0.15, -0.1) is 0 Å². The second-order valence-corrected chi connectivity index (χ2v) is 8.06. The highest BCUT2D eigenvalue weighted by Crippen LogP contribution is 2.26. The molecule has 0 spiro atoms. The lowest BCUT2D eigenvalue weighted by Gasteiger charge is -2.40. The molecule has 1 heterocycles. The molecule has 7 nitrogen and oxygen atoms in total. The molecule has 1 aromatic rings. The van der Waals surface area contributed by atoms with Crippen LogP contribution >= 0.6 is 0 Å². The molecule has 2 unspecified atom stereocenters. The quantitative estimate of drug-likeness (QED) is 0.483. The van der Waals surface area contributed by atoms with Crippen LogP contribution in [0.25, 0.3) is 0 Å². The summed E-state index contributed by atoms with van der Waals surface area (Å²) in [5, 5.41) is 6.88. The first-order valence-electron chi connectivity index (χ1n) is 10.6. The van der Waals surface area contributed by atoms with Crippen LogP contribution in [-0.2, 0) is 0 Å². The van der Waals surface area contributed by atoms with Crippen LogP contribution < -0.4 is 20.1 Å². The predicted octanol–water partition coefficient (Wildman–Crippen LogP) is 1.90. The van der Waals surface area contributed by atoms with Crippen molar-refractivity contribution in [3.63, 3.8) is 0 Å². The van der Waals surface area contributed by atoms with Gasteiger partial charge in [0.25, 0.3) is 0 Å². The lowest BCUT2D eigenvalue weighted by molar-refractivity contribution is 0.0899. The first kappa shape index (κ1) is 23.3. The molecule has 2 N–H and O–H groups in total. The third-order valence-electron chi connectivity index (χ3n) is 5.43. The number of guanidine groups is 1. The summed E-state index contributed by atoms with van der Waals surface area (Å²) in [6.45, 7) is 12.7. The normalized spacial score (nSPS) is 18.4. The molecule has 0 saturated carbocycles. The van der Waals surface area contributed by atoms with E-state index in [2.05, 4.69) is 46.3 Å². The molecule has 0 amide bonds. The minimum Gasteiger partial charge on any atom is -0.493 e. The average Bonchev–Trinajstić information content (AvgIpc) is 2.71. The highest BCUT2D eigenvalue weighted by atomic mass is 16.5. The molecule has 0 aliphatic carbocycles. The van der Waals surface area contributed by atoms with Gasteiger partial charge in [0.15, 0.2) is 17.5 Å². The molecule has 1 aromatic carbocycles. The van der Waals surface area contributed by atoms with E-state index in [1.54, 1.807) is 14.2 Å². The standard InChI is InChI=1S/C22H39N5O2/c1-17(2)19(27-13-11-26(5)12-14-27)16-25-22(23-4)24-15-18(3)29-21-10-8-7-9-20(21)28-6/h7-10,17-19H,11-16H2,1-6H3,(H2,23,24,25). The van der Waals surface area contributed by atoms with Crippen molar-refractivity contribution >= 4 is 5.96 Å². The van der Waals surface area contributed by atoms with Gasteiger partial charge in [-0.05, 0) is 32.0 Å². The molecule has 1 aliphatic rings. The number of nitrogens with zero attached hydrogens (tertiary/aromatic N) is 3. The molecule has 1 saturated heterocycles. The number of rotatable bonds is 9. The Labute approximate surface area is 176 Å². The number of methoxy groups -OCH3 is 1. The SMILES string of the molecule is CN=C(NCC(C)Oc1ccccc1OC)NCC(C(C)C)N1CCN(C)CC1. The molecule has 29 heavy (non-hydrogen) atoms. The summed E-state index contributed by atoms with van der Waals surface area (Å²) in [5.74, 6) is 2.88. The Hall–Kier alpha value is -1.99. The Morgan fingerprint density at radius 2 is 1.66 bits per heavy atom. The van der Waals surface area contributed by atoms with E-state index in [1.807, 2.05) is 31.2 Å². The summed E-state index contributed by atoms with van der Waals surface area (Å²) in [6, 6.07) is 8.20. The van der Waals surface area contributed by atoms with Crippen molar-refractivity contribution in [1.29, 1.82) is 0 Å². The molecule has 2 atom stereocenters. The van der Waals surface area contributed by atoms with Gasteiger partial charge in [-0.25, -0.2) is 0 Å². The van der Waals surface area contributed by atoms with Crippen molar-refractivity contribution in [3.05, 3.63) is 24.3 Å². The number of piperazine rings is 1. The van der Waals surface area contributed by atoms with Gasteiger partial charge in [0.05, 0.1) is 13.7 Å². The van der Waals surface area contributed by atoms with Gasteiger partial charge in [-0.1, -0.05) is 26.0 Å². The van der Waals surface area contributed by atoms with Crippen LogP contribution in [0.1, 0.15) is 20.8 Å². The number of likely N-dealkylation sites (N-methyl/N-ethyl adjacent to an activating group) is 1. The molecule has 1 fully saturated rings. The van der Waals surface area contributed by atoms with E-state index in [4.69, 9.17) is 9.47 Å². The number of ether oxygens (including phenoxy) is 2. The number of hydrogen-bond acceptors (Lipinski definition) is 5. The Morgan fingerprint density at radius 1 is 1.03 bits per heavy atom. The summed E-state index contributed by atoms with van der Waals surface area (Å²) < 4.78 is 11.4. The van der Waals surface area contributed by atoms with Crippen LogP contribution in [0, 0.1) is 5.92 Å². The fraction of sp³-hybridized carbons (Fsp3) is 0.682. The minimum atomic E-state index is -0.0247. The lowest BCUT2D eigenvalue weighted by atomic mass is 10.0. The van der Waals surface area contributed by atoms with E-state index in [0.717, 1.165) is 50.2 Å². The molecule has 0 aromatic heterocycles. The average molecular weight is 406 g/mol. The van der Waals surface area contributed by atoms with Gasteiger partial charge in [0, 0.05) is 45.8 Å². The number of hydrogen-bond donors (Lipinski definition) is 2. The van der Waals surface area contributed by atoms with Gasteiger partial charge >= 0.3 is 0 Å². The van der Waals surface area contributed by atoms with Gasteiger partial charge < -0.3 is 25.0 Å². The summed E-state index contributed by atoms with van der Waals surface area (Å²) in [6.07, 6.45) is -0.0247. The van der Waals surface area contributed by atoms with Crippen LogP contribution in [-0.4, -0.2) is 88.4 Å². The molecule has 0 bridgehead atoms. The van der Waals surface area contributed by atoms with Crippen molar-refractivity contribution in [2.45, 2.75) is 32.9 Å². The summed E-state index contributed by atoms with van der Waals surface area (Å²) in [5.41, 5.74) is 0. The zero-order valence-electron chi connectivity index (χ0n) is 18.9. The van der Waals surface area contributed by atoms with E-state index >= 15 is 0 Å². The largest absolute Gasteiger partial charge is 0.493 e. The number of benzene rings is 1. The van der Waals surface area contributed by atoms with E-state index in [1.165, 1.54) is 0 Å². The zero-order valence-corrected chi connectivity index (χ0v) is 18.9. The molecular formula is C22H39N5O2. The lowest BCUT2D eigenvalue weighted by Crippen LogP contribution is -2.55. The molecule has 164 valence electrons. The maximum absolute atomic E-state index is 6.02. The zero-order chi connectivity index (χ0) is 21.2. The van der Waals surface area contributed by atoms with Crippen molar-refractivity contribution in [3.8, 4) is 11.5 Å². The van der Waals surface area contributed by atoms with Crippen molar-refractivity contribution in [2.24, 2.45) is 10.9 Å². The van der Waals surface area contributed by atoms with Crippen molar-refractivity contribution in [2.75, 3.05) is 60.5 Å². The molecule has 2 rings (SSSR count). The highest BCUT2D eigenvalue weighted by Gasteiger charge is 2.25. The Morgan fingerprint density at radius 3 is 2.24 bits per heavy atom. The third-order valence-corrected chi connectivity index (χ3v) is 5.43. The predicted molar refractivity (Wildman–Crippen MR) is 120 cm³/mol. The fourth-order valence-electron chi connectivity index (χ4n) is 3.58. The number of aliphatic imine (C=N–C) groups is 1. The third kappa shape index (κ3) is 7.40. The maximum Gasteiger partial charge on any atom is 0.191 e. The van der Waals surface area contributed by atoms with Crippen LogP contribution in [0.5, 0.6) is 11.5 Å². The van der Waals surface area contributed by atoms with Crippen LogP contribution in [0.3, 0.4) is 0 Å². The number of para-hydroxylation sites is 2. The van der Waals surface area contributed by atoms with Gasteiger partial charge in [0.2, 0.25) is 0 Å². The van der Waals surface area contributed by atoms with E-state index in [-0.39, 0.29) is 6.10 Å². The van der Waals surface area contributed by atoms with Crippen LogP contribution in [0.2, 0.25) is 0 Å². The molecular weight excluding hydrogens is 366 g/mol. The van der Waals surface area contributed by atoms with Crippen molar-refractivity contribution in [1.82, 2.24) is 20.4 Å². The van der Waals surface area contributed by atoms with E-state index in [9.17, 15) is 0 Å². The topological polar surface area (TPSA) is 61.4 Å². The Bertz CT molecular complexity index is 629. The van der Waals surface area contributed by atoms with Gasteiger partial charge in [-0.2, -0.15) is 0 Å². The minimum absolute atomic E-state index is 0.0247. The second-order valence-electron chi connectivity index (χ2n) is 8.06. The van der Waals surface area contributed by atoms with E-state index < -0.39 is 0 Å². The first-order chi connectivity index (χ1) is 13.9. The van der Waals surface area contributed by atoms with E-state index in [0.29, 0.717) is 18.5 Å². The van der Waals surface area contributed by atoms with Gasteiger partial charge in [-0.3, -0.25) is 9.89 Å². The fourth-order valence-corrected chi connectivity index (χ4v) is 3.58. The van der Waals surface area contributed by atoms with Crippen molar-refractivity contribution < 1.29 is 9.47 Å². The second kappa shape index (κ2) is 11.9. The smallest absolute Gasteiger partial charge is 0.191 e. The monoisotopic (exact) mass is 405 g/mol. The highest BCUT2D eigenvalue weighted by molar-refractivity contribution is 5.79. The summed E-state index contributed by atoms with van der Waals surface area (Å²) in [7, 11) is 5.66. The van der Waals surface area contributed by atoms with Gasteiger partial charge in [0.1, 0.15) is 6.10 Å². The summed E-state index contributed by atoms with van der Waals surface area (Å²) in [4.78, 5) is 9.37. The number of nitrogens with one attached hydrogen (secondary N) is 2. The van der Waals surface area contributed by atoms with Crippen LogP contribution in [0.15, 0.2) is 29.3 Å². The molecule has 0 radical (unpaired) electrons. The van der Waals surface area contributed by atoms with Crippen LogP contribution in [0.4, 0.5) is 0 Å². The first-order valence-corrected chi connectivity index (χ1v) is 10.6. The maximum atomic E-state index is 6.02. The summed E-state index contributed by atoms with van der Waals surface area (Å²) >= 11 is 0. The molecule has 1 aliphatic heterocycles.